The van der Waals surface area contributed by atoms with Gasteiger partial charge < -0.3 is 24.4 Å². The Hall–Kier alpha value is -1.92. The molecule has 38 heavy (non-hydrogen) atoms. The molecule has 0 unspecified atom stereocenters. The van der Waals surface area contributed by atoms with Gasteiger partial charge in [0.05, 0.1) is 24.0 Å². The lowest BCUT2D eigenvalue weighted by atomic mass is 9.74. The van der Waals surface area contributed by atoms with Gasteiger partial charge in [0.1, 0.15) is 6.61 Å². The first-order chi connectivity index (χ1) is 17.2. The third kappa shape index (κ3) is 8.29. The second-order valence-corrected chi connectivity index (χ2v) is 22.8. The van der Waals surface area contributed by atoms with E-state index in [9.17, 15) is 19.9 Å². The van der Waals surface area contributed by atoms with Crippen molar-refractivity contribution in [3.8, 4) is 0 Å². The minimum atomic E-state index is -2.19. The van der Waals surface area contributed by atoms with Crippen LogP contribution in [0, 0.1) is 11.8 Å². The van der Waals surface area contributed by atoms with Gasteiger partial charge in [-0.05, 0) is 56.0 Å². The van der Waals surface area contributed by atoms with Crippen LogP contribution in [0.1, 0.15) is 61.3 Å². The van der Waals surface area contributed by atoms with E-state index >= 15 is 0 Å². The summed E-state index contributed by atoms with van der Waals surface area (Å²) in [6.07, 6.45) is 1.78. The first-order valence-electron chi connectivity index (χ1n) is 13.4. The highest BCUT2D eigenvalue weighted by molar-refractivity contribution is 6.74. The predicted molar refractivity (Wildman–Crippen MR) is 154 cm³/mol. The van der Waals surface area contributed by atoms with Crippen LogP contribution in [0.15, 0.2) is 12.7 Å². The zero-order chi connectivity index (χ0) is 29.7. The van der Waals surface area contributed by atoms with Crippen LogP contribution in [0.3, 0.4) is 0 Å². The Morgan fingerprint density at radius 1 is 1.11 bits per heavy atom. The van der Waals surface area contributed by atoms with Crippen LogP contribution in [0.4, 0.5) is 0 Å². The fourth-order valence-corrected chi connectivity index (χ4v) is 6.40. The van der Waals surface area contributed by atoms with E-state index in [1.165, 1.54) is 6.08 Å². The number of ketones is 1. The standard InChI is InChI=1S/C27H49N3O6Si2/c1-13-16-34-25(33)22(30-28)23(31)19(15-14-17-35-37(9,10)26(3,4)5)21-20(24(32)29-21)18(2)36-38(11,12)27(6,7)8/h13,18-21H,1,14-17H2,2-12H3,(H,29,32)/t18-,19-,20-,21-/m1/s1. The first-order valence-corrected chi connectivity index (χ1v) is 19.2. The summed E-state index contributed by atoms with van der Waals surface area (Å²) in [7, 11) is -4.19. The normalized spacial score (nSPS) is 19.9. The zero-order valence-corrected chi connectivity index (χ0v) is 27.3. The molecule has 1 aliphatic heterocycles. The Morgan fingerprint density at radius 3 is 2.11 bits per heavy atom. The topological polar surface area (TPSA) is 127 Å². The Morgan fingerprint density at radius 2 is 1.66 bits per heavy atom. The summed E-state index contributed by atoms with van der Waals surface area (Å²) in [4.78, 5) is 41.7. The summed E-state index contributed by atoms with van der Waals surface area (Å²) >= 11 is 0. The van der Waals surface area contributed by atoms with Crippen LogP contribution in [0.5, 0.6) is 0 Å². The quantitative estimate of drug-likeness (QED) is 0.0366. The lowest BCUT2D eigenvalue weighted by Crippen LogP contribution is -2.67. The summed E-state index contributed by atoms with van der Waals surface area (Å²) in [6.45, 7) is 27.0. The molecule has 1 rings (SSSR count). The Labute approximate surface area is 230 Å². The third-order valence-corrected chi connectivity index (χ3v) is 17.5. The second kappa shape index (κ2) is 13.0. The van der Waals surface area contributed by atoms with Crippen molar-refractivity contribution in [2.45, 2.75) is 110 Å². The van der Waals surface area contributed by atoms with E-state index < -0.39 is 58.1 Å². The highest BCUT2D eigenvalue weighted by Gasteiger charge is 2.53. The first kappa shape index (κ1) is 34.1. The summed E-state index contributed by atoms with van der Waals surface area (Å²) in [5.41, 5.74) is 8.85. The number of nitrogens with zero attached hydrogens (tertiary/aromatic N) is 2. The van der Waals surface area contributed by atoms with Gasteiger partial charge in [0.2, 0.25) is 5.91 Å². The van der Waals surface area contributed by atoms with Gasteiger partial charge in [0.15, 0.2) is 16.6 Å². The van der Waals surface area contributed by atoms with E-state index in [1.54, 1.807) is 0 Å². The van der Waals surface area contributed by atoms with Crippen molar-refractivity contribution >= 4 is 40.0 Å². The molecule has 0 radical (unpaired) electrons. The van der Waals surface area contributed by atoms with Crippen molar-refractivity contribution in [3.05, 3.63) is 18.2 Å². The number of carbonyl (C=O) groups is 3. The lowest BCUT2D eigenvalue weighted by Gasteiger charge is -2.47. The molecule has 1 heterocycles. The average molecular weight is 568 g/mol. The van der Waals surface area contributed by atoms with E-state index in [1.807, 2.05) is 6.92 Å². The van der Waals surface area contributed by atoms with Gasteiger partial charge in [-0.2, -0.15) is 4.79 Å². The highest BCUT2D eigenvalue weighted by atomic mass is 28.4. The molecule has 1 amide bonds. The van der Waals surface area contributed by atoms with E-state index in [0.717, 1.165) is 0 Å². The van der Waals surface area contributed by atoms with Crippen molar-refractivity contribution < 1.29 is 32.8 Å². The summed E-state index contributed by atoms with van der Waals surface area (Å²) in [6, 6.07) is -0.577. The van der Waals surface area contributed by atoms with Crippen molar-refractivity contribution in [2.75, 3.05) is 13.2 Å². The minimum Gasteiger partial charge on any atom is -0.453 e. The van der Waals surface area contributed by atoms with Gasteiger partial charge in [-0.25, -0.2) is 4.79 Å². The maximum absolute atomic E-state index is 13.5. The molecular formula is C27H49N3O6Si2. The number of Topliss-reactive ketones (excluding diaryl/α,β-unsaturated/α-hetero) is 1. The number of ether oxygens (including phenoxy) is 1. The molecule has 0 aromatic heterocycles. The van der Waals surface area contributed by atoms with Crippen LogP contribution >= 0.6 is 0 Å². The second-order valence-electron chi connectivity index (χ2n) is 13.2. The van der Waals surface area contributed by atoms with E-state index in [2.05, 4.69) is 84.4 Å². The van der Waals surface area contributed by atoms with E-state index in [4.69, 9.17) is 13.6 Å². The molecule has 0 spiro atoms. The number of hydrogen-bond acceptors (Lipinski definition) is 6. The maximum Gasteiger partial charge on any atom is 0.441 e. The molecule has 1 aliphatic rings. The molecule has 4 atom stereocenters. The number of amides is 1. The lowest BCUT2D eigenvalue weighted by molar-refractivity contribution is -0.146. The van der Waals surface area contributed by atoms with Crippen LogP contribution in [-0.2, 0) is 28.0 Å². The molecule has 1 fully saturated rings. The molecule has 0 bridgehead atoms. The summed E-state index contributed by atoms with van der Waals surface area (Å²) < 4.78 is 17.7. The van der Waals surface area contributed by atoms with Gasteiger partial charge in [-0.1, -0.05) is 54.2 Å². The molecule has 0 aliphatic carbocycles. The number of carbonyl (C=O) groups excluding carboxylic acids is 3. The summed E-state index contributed by atoms with van der Waals surface area (Å²) in [5, 5.41) is 2.84. The van der Waals surface area contributed by atoms with Crippen LogP contribution in [-0.4, -0.2) is 70.2 Å². The SMILES string of the molecule is C=CCOC(=O)C(=[N+]=[N-])C(=O)[C@H](CCCO[Si](C)(C)C(C)(C)C)[C@H]1NC(=O)[C@@H]1[C@@H](C)O[Si](C)(C)C(C)(C)C. The van der Waals surface area contributed by atoms with Crippen molar-refractivity contribution in [1.29, 1.82) is 0 Å². The molecular weight excluding hydrogens is 518 g/mol. The van der Waals surface area contributed by atoms with Crippen LogP contribution in [0.2, 0.25) is 36.3 Å². The Kier molecular flexibility index (Phi) is 11.6. The fourth-order valence-electron chi connectivity index (χ4n) is 3.88. The van der Waals surface area contributed by atoms with Crippen molar-refractivity contribution in [2.24, 2.45) is 11.8 Å². The van der Waals surface area contributed by atoms with Crippen molar-refractivity contribution in [3.63, 3.8) is 0 Å². The van der Waals surface area contributed by atoms with Gasteiger partial charge >= 0.3 is 11.7 Å². The molecule has 0 aromatic carbocycles. The minimum absolute atomic E-state index is 0.0391. The molecule has 0 aromatic rings. The largest absolute Gasteiger partial charge is 0.453 e. The van der Waals surface area contributed by atoms with Gasteiger partial charge in [0, 0.05) is 6.61 Å². The monoisotopic (exact) mass is 567 g/mol. The number of β-lactam (4-membered cyclic amide) rings is 1. The fraction of sp³-hybridized carbons (Fsp3) is 0.778. The van der Waals surface area contributed by atoms with Gasteiger partial charge in [-0.15, -0.1) is 0 Å². The molecule has 1 saturated heterocycles. The Bertz CT molecular complexity index is 945. The molecule has 0 saturated carbocycles. The van der Waals surface area contributed by atoms with Crippen molar-refractivity contribution in [1.82, 2.24) is 5.32 Å². The van der Waals surface area contributed by atoms with Gasteiger partial charge in [-0.3, -0.25) is 9.59 Å². The van der Waals surface area contributed by atoms with Crippen LogP contribution in [0.25, 0.3) is 5.53 Å². The highest BCUT2D eigenvalue weighted by Crippen LogP contribution is 2.40. The predicted octanol–water partition coefficient (Wildman–Crippen LogP) is 4.90. The number of esters is 1. The van der Waals surface area contributed by atoms with E-state index in [0.29, 0.717) is 19.4 Å². The molecule has 9 nitrogen and oxygen atoms in total. The molecule has 216 valence electrons. The number of nitrogens with one attached hydrogen (secondary N) is 1. The number of rotatable bonds is 14. The average Bonchev–Trinajstić information content (AvgIpc) is 2.74. The smallest absolute Gasteiger partial charge is 0.441 e. The number of hydrogen-bond donors (Lipinski definition) is 1. The maximum atomic E-state index is 13.5. The molecule has 11 heteroatoms. The van der Waals surface area contributed by atoms with E-state index in [-0.39, 0.29) is 22.6 Å². The van der Waals surface area contributed by atoms with Crippen LogP contribution < -0.4 is 5.32 Å². The Balaban J connectivity index is 3.21. The van der Waals surface area contributed by atoms with Gasteiger partial charge in [0.25, 0.3) is 5.78 Å². The zero-order valence-electron chi connectivity index (χ0n) is 25.3. The summed E-state index contributed by atoms with van der Waals surface area (Å²) in [5.74, 6) is -3.30. The third-order valence-electron chi connectivity index (χ3n) is 8.35. The molecule has 1 N–H and O–H groups in total.